The number of nitrogens with two attached hydrogens (primary N) is 1. The van der Waals surface area contributed by atoms with E-state index >= 15 is 0 Å². The number of aryl methyl sites for hydroxylation is 2. The third-order valence-corrected chi connectivity index (χ3v) is 2.26. The fourth-order valence-corrected chi connectivity index (χ4v) is 1.48. The van der Waals surface area contributed by atoms with E-state index in [2.05, 4.69) is 20.4 Å². The third kappa shape index (κ3) is 2.28. The molecule has 6 heteroatoms. The van der Waals surface area contributed by atoms with Crippen LogP contribution in [0.25, 0.3) is 0 Å². The standard InChI is InChI=1S/C10H14N6/c1-7-8(5-16(2)15-7)4-12-10-3-9(11)13-6-14-10/h3,5-6H,4H2,1-2H3,(H3,11,12,13,14). The van der Waals surface area contributed by atoms with Gasteiger partial charge in [-0.15, -0.1) is 0 Å². The van der Waals surface area contributed by atoms with E-state index in [1.54, 1.807) is 10.7 Å². The Morgan fingerprint density at radius 3 is 2.88 bits per heavy atom. The predicted molar refractivity (Wildman–Crippen MR) is 61.7 cm³/mol. The van der Waals surface area contributed by atoms with Gasteiger partial charge in [0.15, 0.2) is 0 Å². The van der Waals surface area contributed by atoms with Gasteiger partial charge in [0.1, 0.15) is 18.0 Å². The van der Waals surface area contributed by atoms with Crippen molar-refractivity contribution in [3.05, 3.63) is 29.8 Å². The van der Waals surface area contributed by atoms with Crippen LogP contribution in [0.1, 0.15) is 11.3 Å². The van der Waals surface area contributed by atoms with Gasteiger partial charge in [0, 0.05) is 31.4 Å². The topological polar surface area (TPSA) is 81.7 Å². The molecular weight excluding hydrogens is 204 g/mol. The zero-order chi connectivity index (χ0) is 11.5. The smallest absolute Gasteiger partial charge is 0.131 e. The minimum absolute atomic E-state index is 0.459. The first kappa shape index (κ1) is 10.4. The van der Waals surface area contributed by atoms with Crippen LogP contribution in [-0.4, -0.2) is 19.7 Å². The molecule has 0 spiro atoms. The fraction of sp³-hybridized carbons (Fsp3) is 0.300. The van der Waals surface area contributed by atoms with Gasteiger partial charge in [-0.2, -0.15) is 5.10 Å². The Hall–Kier alpha value is -2.11. The summed E-state index contributed by atoms with van der Waals surface area (Å²) >= 11 is 0. The zero-order valence-electron chi connectivity index (χ0n) is 9.31. The maximum absolute atomic E-state index is 5.55. The molecule has 0 atom stereocenters. The molecule has 2 heterocycles. The van der Waals surface area contributed by atoms with Crippen LogP contribution in [0.5, 0.6) is 0 Å². The Bertz CT molecular complexity index is 490. The number of hydrogen-bond donors (Lipinski definition) is 2. The van der Waals surface area contributed by atoms with Crippen molar-refractivity contribution in [1.29, 1.82) is 0 Å². The second kappa shape index (κ2) is 4.18. The molecule has 3 N–H and O–H groups in total. The van der Waals surface area contributed by atoms with E-state index in [9.17, 15) is 0 Å². The summed E-state index contributed by atoms with van der Waals surface area (Å²) in [7, 11) is 1.90. The molecular formula is C10H14N6. The van der Waals surface area contributed by atoms with Crippen LogP contribution in [0, 0.1) is 6.92 Å². The van der Waals surface area contributed by atoms with E-state index < -0.39 is 0 Å². The Labute approximate surface area is 93.5 Å². The summed E-state index contributed by atoms with van der Waals surface area (Å²) in [6.07, 6.45) is 3.42. The predicted octanol–water partition coefficient (Wildman–Crippen LogP) is 0.713. The maximum Gasteiger partial charge on any atom is 0.131 e. The lowest BCUT2D eigenvalue weighted by molar-refractivity contribution is 0.756. The highest BCUT2D eigenvalue weighted by atomic mass is 15.3. The summed E-state index contributed by atoms with van der Waals surface area (Å²) < 4.78 is 1.79. The number of hydrogen-bond acceptors (Lipinski definition) is 5. The monoisotopic (exact) mass is 218 g/mol. The van der Waals surface area contributed by atoms with Crippen molar-refractivity contribution in [3.63, 3.8) is 0 Å². The normalized spacial score (nSPS) is 10.4. The molecule has 84 valence electrons. The summed E-state index contributed by atoms with van der Waals surface area (Å²) in [5.41, 5.74) is 7.70. The SMILES string of the molecule is Cc1nn(C)cc1CNc1cc(N)ncn1. The largest absolute Gasteiger partial charge is 0.384 e. The second-order valence-electron chi connectivity index (χ2n) is 3.60. The Morgan fingerprint density at radius 1 is 1.44 bits per heavy atom. The third-order valence-electron chi connectivity index (χ3n) is 2.26. The van der Waals surface area contributed by atoms with Gasteiger partial charge in [-0.05, 0) is 6.92 Å². The lowest BCUT2D eigenvalue weighted by Crippen LogP contribution is -2.03. The van der Waals surface area contributed by atoms with Crippen molar-refractivity contribution in [2.45, 2.75) is 13.5 Å². The van der Waals surface area contributed by atoms with E-state index in [-0.39, 0.29) is 0 Å². The summed E-state index contributed by atoms with van der Waals surface area (Å²) in [5, 5.41) is 7.43. The van der Waals surface area contributed by atoms with Gasteiger partial charge in [0.25, 0.3) is 0 Å². The van der Waals surface area contributed by atoms with E-state index in [0.717, 1.165) is 17.1 Å². The first-order valence-electron chi connectivity index (χ1n) is 4.95. The van der Waals surface area contributed by atoms with Crippen molar-refractivity contribution < 1.29 is 0 Å². The molecule has 0 aliphatic carbocycles. The second-order valence-corrected chi connectivity index (χ2v) is 3.60. The van der Waals surface area contributed by atoms with Crippen LogP contribution in [0.2, 0.25) is 0 Å². The first-order valence-corrected chi connectivity index (χ1v) is 4.95. The average Bonchev–Trinajstić information content (AvgIpc) is 2.54. The molecule has 6 nitrogen and oxygen atoms in total. The van der Waals surface area contributed by atoms with E-state index in [4.69, 9.17) is 5.73 Å². The zero-order valence-corrected chi connectivity index (χ0v) is 9.31. The number of nitrogens with one attached hydrogen (secondary N) is 1. The summed E-state index contributed by atoms with van der Waals surface area (Å²) in [6.45, 7) is 2.65. The number of anilines is 2. The number of nitrogen functional groups attached to an aromatic ring is 1. The summed E-state index contributed by atoms with van der Waals surface area (Å²) in [5.74, 6) is 1.18. The Morgan fingerprint density at radius 2 is 2.25 bits per heavy atom. The quantitative estimate of drug-likeness (QED) is 0.793. The van der Waals surface area contributed by atoms with Crippen LogP contribution >= 0.6 is 0 Å². The van der Waals surface area contributed by atoms with E-state index in [1.807, 2.05) is 20.2 Å². The molecule has 16 heavy (non-hydrogen) atoms. The highest BCUT2D eigenvalue weighted by Gasteiger charge is 2.03. The molecule has 0 radical (unpaired) electrons. The van der Waals surface area contributed by atoms with Crippen LogP contribution in [0.15, 0.2) is 18.6 Å². The van der Waals surface area contributed by atoms with Crippen LogP contribution in [0.3, 0.4) is 0 Å². The molecule has 2 rings (SSSR count). The van der Waals surface area contributed by atoms with Gasteiger partial charge >= 0.3 is 0 Å². The van der Waals surface area contributed by atoms with E-state index in [1.165, 1.54) is 6.33 Å². The lowest BCUT2D eigenvalue weighted by Gasteiger charge is -2.04. The molecule has 0 unspecified atom stereocenters. The molecule has 0 fully saturated rings. The molecule has 2 aromatic heterocycles. The summed E-state index contributed by atoms with van der Waals surface area (Å²) in [6, 6.07) is 1.70. The molecule has 0 saturated carbocycles. The van der Waals surface area contributed by atoms with Crippen LogP contribution < -0.4 is 11.1 Å². The lowest BCUT2D eigenvalue weighted by atomic mass is 10.2. The Balaban J connectivity index is 2.05. The molecule has 0 bridgehead atoms. The molecule has 0 aliphatic rings. The molecule has 0 aliphatic heterocycles. The van der Waals surface area contributed by atoms with Gasteiger partial charge in [-0.1, -0.05) is 0 Å². The van der Waals surface area contributed by atoms with Gasteiger partial charge in [0.2, 0.25) is 0 Å². The van der Waals surface area contributed by atoms with Gasteiger partial charge in [0.05, 0.1) is 5.69 Å². The highest BCUT2D eigenvalue weighted by molar-refractivity contribution is 5.43. The average molecular weight is 218 g/mol. The Kier molecular flexibility index (Phi) is 2.72. The first-order chi connectivity index (χ1) is 7.65. The maximum atomic E-state index is 5.55. The van der Waals surface area contributed by atoms with Gasteiger partial charge in [-0.25, -0.2) is 9.97 Å². The minimum atomic E-state index is 0.459. The molecule has 0 amide bonds. The van der Waals surface area contributed by atoms with Gasteiger partial charge in [-0.3, -0.25) is 4.68 Å². The van der Waals surface area contributed by atoms with Crippen molar-refractivity contribution in [2.24, 2.45) is 7.05 Å². The van der Waals surface area contributed by atoms with Gasteiger partial charge < -0.3 is 11.1 Å². The fourth-order valence-electron chi connectivity index (χ4n) is 1.48. The minimum Gasteiger partial charge on any atom is -0.384 e. The number of nitrogens with zero attached hydrogens (tertiary/aromatic N) is 4. The highest BCUT2D eigenvalue weighted by Crippen LogP contribution is 2.09. The number of aromatic nitrogens is 4. The van der Waals surface area contributed by atoms with Crippen molar-refractivity contribution in [1.82, 2.24) is 19.7 Å². The van der Waals surface area contributed by atoms with Crippen molar-refractivity contribution in [3.8, 4) is 0 Å². The summed E-state index contributed by atoms with van der Waals surface area (Å²) in [4.78, 5) is 7.89. The van der Waals surface area contributed by atoms with Crippen molar-refractivity contribution >= 4 is 11.6 Å². The van der Waals surface area contributed by atoms with Crippen LogP contribution in [-0.2, 0) is 13.6 Å². The molecule has 0 saturated heterocycles. The number of rotatable bonds is 3. The van der Waals surface area contributed by atoms with Crippen LogP contribution in [0.4, 0.5) is 11.6 Å². The molecule has 0 aromatic carbocycles. The van der Waals surface area contributed by atoms with E-state index in [0.29, 0.717) is 12.4 Å². The molecule has 2 aromatic rings. The van der Waals surface area contributed by atoms with Crippen molar-refractivity contribution in [2.75, 3.05) is 11.1 Å².